The van der Waals surface area contributed by atoms with E-state index in [1.807, 2.05) is 0 Å². The SMILES string of the molecule is NC(=O)CNC(=O)c1ccc(OCc2ccc(F)cc2)c(F)c1. The Hall–Kier alpha value is -2.96. The van der Waals surface area contributed by atoms with Crippen LogP contribution in [0.4, 0.5) is 8.78 Å². The molecule has 23 heavy (non-hydrogen) atoms. The van der Waals surface area contributed by atoms with Gasteiger partial charge in [0.25, 0.3) is 5.91 Å². The van der Waals surface area contributed by atoms with Gasteiger partial charge in [0.1, 0.15) is 12.4 Å². The smallest absolute Gasteiger partial charge is 0.251 e. The summed E-state index contributed by atoms with van der Waals surface area (Å²) in [5.41, 5.74) is 5.62. The third kappa shape index (κ3) is 4.77. The molecule has 0 atom stereocenters. The third-order valence-electron chi connectivity index (χ3n) is 2.92. The van der Waals surface area contributed by atoms with Crippen LogP contribution in [-0.4, -0.2) is 18.4 Å². The first-order valence-corrected chi connectivity index (χ1v) is 6.69. The summed E-state index contributed by atoms with van der Waals surface area (Å²) in [6, 6.07) is 9.27. The van der Waals surface area contributed by atoms with Gasteiger partial charge in [0.2, 0.25) is 5.91 Å². The summed E-state index contributed by atoms with van der Waals surface area (Å²) in [7, 11) is 0. The second-order valence-corrected chi connectivity index (χ2v) is 4.71. The average Bonchev–Trinajstić information content (AvgIpc) is 2.53. The van der Waals surface area contributed by atoms with Crippen LogP contribution in [0.1, 0.15) is 15.9 Å². The van der Waals surface area contributed by atoms with E-state index in [1.165, 1.54) is 36.4 Å². The van der Waals surface area contributed by atoms with Crippen LogP contribution in [0.5, 0.6) is 5.75 Å². The Morgan fingerprint density at radius 2 is 1.78 bits per heavy atom. The summed E-state index contributed by atoms with van der Waals surface area (Å²) < 4.78 is 32.0. The number of nitrogens with two attached hydrogens (primary N) is 1. The monoisotopic (exact) mass is 320 g/mol. The van der Waals surface area contributed by atoms with Gasteiger partial charge in [0, 0.05) is 5.56 Å². The lowest BCUT2D eigenvalue weighted by Crippen LogP contribution is -2.33. The van der Waals surface area contributed by atoms with Crippen LogP contribution >= 0.6 is 0 Å². The van der Waals surface area contributed by atoms with E-state index in [2.05, 4.69) is 5.32 Å². The molecular formula is C16H14F2N2O3. The molecule has 2 amide bonds. The van der Waals surface area contributed by atoms with Gasteiger partial charge in [-0.05, 0) is 35.9 Å². The minimum atomic E-state index is -0.723. The molecule has 3 N–H and O–H groups in total. The van der Waals surface area contributed by atoms with Crippen molar-refractivity contribution in [3.8, 4) is 5.75 Å². The van der Waals surface area contributed by atoms with Gasteiger partial charge in [-0.25, -0.2) is 8.78 Å². The first-order valence-electron chi connectivity index (χ1n) is 6.69. The van der Waals surface area contributed by atoms with Crippen LogP contribution in [0, 0.1) is 11.6 Å². The molecule has 2 rings (SSSR count). The molecule has 0 radical (unpaired) electrons. The minimum Gasteiger partial charge on any atom is -0.486 e. The Morgan fingerprint density at radius 3 is 2.39 bits per heavy atom. The molecule has 0 spiro atoms. The summed E-state index contributed by atoms with van der Waals surface area (Å²) in [6.45, 7) is -0.270. The Balaban J connectivity index is 2.00. The Bertz CT molecular complexity index is 718. The lowest BCUT2D eigenvalue weighted by molar-refractivity contribution is -0.117. The highest BCUT2D eigenvalue weighted by Gasteiger charge is 2.11. The van der Waals surface area contributed by atoms with E-state index in [0.29, 0.717) is 5.56 Å². The second-order valence-electron chi connectivity index (χ2n) is 4.71. The summed E-state index contributed by atoms with van der Waals surface area (Å²) in [5, 5.41) is 2.25. The normalized spacial score (nSPS) is 10.2. The van der Waals surface area contributed by atoms with E-state index >= 15 is 0 Å². The van der Waals surface area contributed by atoms with E-state index in [-0.39, 0.29) is 30.3 Å². The molecule has 2 aromatic carbocycles. The maximum atomic E-state index is 13.9. The summed E-state index contributed by atoms with van der Waals surface area (Å²) >= 11 is 0. The van der Waals surface area contributed by atoms with E-state index < -0.39 is 17.6 Å². The zero-order valence-electron chi connectivity index (χ0n) is 12.0. The number of ether oxygens (including phenoxy) is 1. The number of amides is 2. The van der Waals surface area contributed by atoms with Crippen molar-refractivity contribution in [2.45, 2.75) is 6.61 Å². The van der Waals surface area contributed by atoms with Gasteiger partial charge in [-0.2, -0.15) is 0 Å². The van der Waals surface area contributed by atoms with Gasteiger partial charge in [0.15, 0.2) is 11.6 Å². The van der Waals surface area contributed by atoms with Crippen molar-refractivity contribution in [1.82, 2.24) is 5.32 Å². The number of rotatable bonds is 6. The number of benzene rings is 2. The van der Waals surface area contributed by atoms with E-state index in [9.17, 15) is 18.4 Å². The van der Waals surface area contributed by atoms with Crippen molar-refractivity contribution in [3.05, 3.63) is 65.2 Å². The van der Waals surface area contributed by atoms with E-state index in [4.69, 9.17) is 10.5 Å². The maximum absolute atomic E-state index is 13.9. The molecule has 0 heterocycles. The fourth-order valence-electron chi connectivity index (χ4n) is 1.77. The molecular weight excluding hydrogens is 306 g/mol. The molecule has 2 aromatic rings. The number of carbonyl (C=O) groups excluding carboxylic acids is 2. The number of nitrogens with one attached hydrogen (secondary N) is 1. The molecule has 0 bridgehead atoms. The van der Waals surface area contributed by atoms with Crippen molar-refractivity contribution in [2.24, 2.45) is 5.73 Å². The number of primary amides is 1. The van der Waals surface area contributed by atoms with Gasteiger partial charge < -0.3 is 15.8 Å². The lowest BCUT2D eigenvalue weighted by Gasteiger charge is -2.09. The standard InChI is InChI=1S/C16H14F2N2O3/c17-12-4-1-10(2-5-12)9-23-14-6-3-11(7-13(14)18)16(22)20-8-15(19)21/h1-7H,8-9H2,(H2,19,21)(H,20,22). The topological polar surface area (TPSA) is 81.4 Å². The largest absolute Gasteiger partial charge is 0.486 e. The zero-order chi connectivity index (χ0) is 16.8. The molecule has 0 aliphatic rings. The second kappa shape index (κ2) is 7.35. The van der Waals surface area contributed by atoms with Crippen LogP contribution in [0.25, 0.3) is 0 Å². The first kappa shape index (κ1) is 16.4. The van der Waals surface area contributed by atoms with Crippen molar-refractivity contribution >= 4 is 11.8 Å². The van der Waals surface area contributed by atoms with Crippen LogP contribution in [0.2, 0.25) is 0 Å². The van der Waals surface area contributed by atoms with Crippen LogP contribution in [0.15, 0.2) is 42.5 Å². The zero-order valence-corrected chi connectivity index (χ0v) is 12.0. The van der Waals surface area contributed by atoms with Gasteiger partial charge >= 0.3 is 0 Å². The summed E-state index contributed by atoms with van der Waals surface area (Å²) in [6.07, 6.45) is 0. The molecule has 0 saturated heterocycles. The predicted octanol–water partition coefficient (Wildman–Crippen LogP) is 1.76. The number of hydrogen-bond acceptors (Lipinski definition) is 3. The molecule has 0 unspecified atom stereocenters. The predicted molar refractivity (Wildman–Crippen MR) is 78.7 cm³/mol. The first-order chi connectivity index (χ1) is 11.0. The number of carbonyl (C=O) groups is 2. The molecule has 7 heteroatoms. The number of halogens is 2. The van der Waals surface area contributed by atoms with Crippen molar-refractivity contribution in [2.75, 3.05) is 6.54 Å². The van der Waals surface area contributed by atoms with E-state index in [1.54, 1.807) is 0 Å². The Kier molecular flexibility index (Phi) is 5.24. The van der Waals surface area contributed by atoms with Crippen LogP contribution in [-0.2, 0) is 11.4 Å². The minimum absolute atomic E-state index is 0.0397. The van der Waals surface area contributed by atoms with Gasteiger partial charge in [-0.1, -0.05) is 12.1 Å². The van der Waals surface area contributed by atoms with Crippen LogP contribution in [0.3, 0.4) is 0 Å². The highest BCUT2D eigenvalue weighted by atomic mass is 19.1. The van der Waals surface area contributed by atoms with E-state index in [0.717, 1.165) is 6.07 Å². The molecule has 0 aromatic heterocycles. The molecule has 0 aliphatic heterocycles. The van der Waals surface area contributed by atoms with Gasteiger partial charge in [0.05, 0.1) is 6.54 Å². The summed E-state index contributed by atoms with van der Waals surface area (Å²) in [4.78, 5) is 22.2. The fraction of sp³-hybridized carbons (Fsp3) is 0.125. The van der Waals surface area contributed by atoms with Gasteiger partial charge in [-0.15, -0.1) is 0 Å². The number of hydrogen-bond donors (Lipinski definition) is 2. The van der Waals surface area contributed by atoms with Gasteiger partial charge in [-0.3, -0.25) is 9.59 Å². The van der Waals surface area contributed by atoms with Crippen molar-refractivity contribution < 1.29 is 23.1 Å². The lowest BCUT2D eigenvalue weighted by atomic mass is 10.2. The molecule has 120 valence electrons. The molecule has 5 nitrogen and oxygen atoms in total. The third-order valence-corrected chi connectivity index (χ3v) is 2.92. The highest BCUT2D eigenvalue weighted by molar-refractivity contribution is 5.96. The van der Waals surface area contributed by atoms with Crippen molar-refractivity contribution in [3.63, 3.8) is 0 Å². The molecule has 0 saturated carbocycles. The quantitative estimate of drug-likeness (QED) is 0.851. The maximum Gasteiger partial charge on any atom is 0.251 e. The van der Waals surface area contributed by atoms with Crippen molar-refractivity contribution in [1.29, 1.82) is 0 Å². The molecule has 0 fully saturated rings. The average molecular weight is 320 g/mol. The Morgan fingerprint density at radius 1 is 1.09 bits per heavy atom. The summed E-state index contributed by atoms with van der Waals surface area (Å²) in [5.74, 6) is -2.45. The highest BCUT2D eigenvalue weighted by Crippen LogP contribution is 2.20. The fourth-order valence-corrected chi connectivity index (χ4v) is 1.77. The Labute approximate surface area is 131 Å². The molecule has 0 aliphatic carbocycles. The van der Waals surface area contributed by atoms with Crippen LogP contribution < -0.4 is 15.8 Å².